The summed E-state index contributed by atoms with van der Waals surface area (Å²) in [6.07, 6.45) is 3.61. The van der Waals surface area contributed by atoms with Gasteiger partial charge in [0.25, 0.3) is 0 Å². The predicted molar refractivity (Wildman–Crippen MR) is 92.2 cm³/mol. The van der Waals surface area contributed by atoms with Crippen LogP contribution in [0, 0.1) is 0 Å². The summed E-state index contributed by atoms with van der Waals surface area (Å²) in [5.41, 5.74) is 0. The monoisotopic (exact) mass is 322 g/mol. The molecule has 5 nitrogen and oxygen atoms in total. The Labute approximate surface area is 136 Å². The van der Waals surface area contributed by atoms with Gasteiger partial charge in [-0.2, -0.15) is 0 Å². The number of hydrogen-bond donors (Lipinski definition) is 3. The second-order valence-electron chi connectivity index (χ2n) is 5.59. The van der Waals surface area contributed by atoms with Crippen molar-refractivity contribution in [3.63, 3.8) is 0 Å². The summed E-state index contributed by atoms with van der Waals surface area (Å²) < 4.78 is 0. The molecule has 0 saturated heterocycles. The Kier molecular flexibility index (Phi) is 6.71. The van der Waals surface area contributed by atoms with Crippen LogP contribution in [0.4, 0.5) is 0 Å². The molecule has 0 radical (unpaired) electrons. The zero-order valence-electron chi connectivity index (χ0n) is 13.4. The van der Waals surface area contributed by atoms with Gasteiger partial charge in [0.1, 0.15) is 0 Å². The predicted octanol–water partition coefficient (Wildman–Crippen LogP) is 2.42. The van der Waals surface area contributed by atoms with E-state index in [1.54, 1.807) is 11.3 Å². The fraction of sp³-hybridized carbons (Fsp3) is 0.625. The summed E-state index contributed by atoms with van der Waals surface area (Å²) in [6, 6.07) is 4.85. The fourth-order valence-electron chi connectivity index (χ4n) is 2.09. The minimum atomic E-state index is 0.155. The van der Waals surface area contributed by atoms with Crippen molar-refractivity contribution in [2.45, 2.75) is 51.6 Å². The van der Waals surface area contributed by atoms with Crippen LogP contribution < -0.4 is 16.0 Å². The van der Waals surface area contributed by atoms with Crippen LogP contribution in [0.25, 0.3) is 0 Å². The fourth-order valence-corrected chi connectivity index (χ4v) is 2.83. The number of guanidine groups is 1. The molecule has 1 aromatic rings. The average Bonchev–Trinajstić information content (AvgIpc) is 3.13. The zero-order valence-corrected chi connectivity index (χ0v) is 14.2. The molecular weight excluding hydrogens is 296 g/mol. The van der Waals surface area contributed by atoms with E-state index in [4.69, 9.17) is 0 Å². The van der Waals surface area contributed by atoms with Gasteiger partial charge in [0.05, 0.1) is 6.04 Å². The number of thiophene rings is 1. The molecule has 0 aliphatic heterocycles. The molecule has 3 N–H and O–H groups in total. The molecule has 1 aromatic heterocycles. The molecule has 0 bridgehead atoms. The van der Waals surface area contributed by atoms with E-state index in [2.05, 4.69) is 52.3 Å². The van der Waals surface area contributed by atoms with E-state index in [1.807, 2.05) is 0 Å². The highest BCUT2D eigenvalue weighted by atomic mass is 32.1. The quantitative estimate of drug-likeness (QED) is 0.391. The Morgan fingerprint density at radius 1 is 1.50 bits per heavy atom. The number of nitrogens with zero attached hydrogens (tertiary/aromatic N) is 1. The zero-order chi connectivity index (χ0) is 15.8. The Bertz CT molecular complexity index is 482. The molecule has 1 aliphatic carbocycles. The number of hydrogen-bond acceptors (Lipinski definition) is 3. The van der Waals surface area contributed by atoms with Crippen LogP contribution in [0.15, 0.2) is 22.5 Å². The number of rotatable bonds is 8. The first-order valence-electron chi connectivity index (χ1n) is 8.06. The Hall–Kier alpha value is -1.56. The van der Waals surface area contributed by atoms with Gasteiger partial charge in [-0.15, -0.1) is 11.3 Å². The molecule has 1 saturated carbocycles. The van der Waals surface area contributed by atoms with E-state index in [0.717, 1.165) is 31.8 Å². The van der Waals surface area contributed by atoms with E-state index in [-0.39, 0.29) is 11.9 Å². The molecular formula is C16H26N4OS. The molecule has 1 aliphatic rings. The highest BCUT2D eigenvalue weighted by molar-refractivity contribution is 7.10. The first kappa shape index (κ1) is 16.8. The number of aliphatic imine (C=N–C) groups is 1. The van der Waals surface area contributed by atoms with Crippen molar-refractivity contribution in [2.24, 2.45) is 4.99 Å². The molecule has 0 spiro atoms. The van der Waals surface area contributed by atoms with Crippen molar-refractivity contribution in [3.8, 4) is 0 Å². The van der Waals surface area contributed by atoms with Crippen molar-refractivity contribution in [2.75, 3.05) is 13.1 Å². The summed E-state index contributed by atoms with van der Waals surface area (Å²) in [7, 11) is 0. The Morgan fingerprint density at radius 2 is 2.32 bits per heavy atom. The summed E-state index contributed by atoms with van der Waals surface area (Å²) >= 11 is 1.74. The number of amides is 1. The number of carbonyl (C=O) groups excluding carboxylic acids is 1. The lowest BCUT2D eigenvalue weighted by atomic mass is 10.3. The third-order valence-corrected chi connectivity index (χ3v) is 4.50. The van der Waals surface area contributed by atoms with Gasteiger partial charge in [-0.3, -0.25) is 9.79 Å². The van der Waals surface area contributed by atoms with Crippen molar-refractivity contribution >= 4 is 23.2 Å². The lowest BCUT2D eigenvalue weighted by Crippen LogP contribution is -2.38. The van der Waals surface area contributed by atoms with Gasteiger partial charge < -0.3 is 16.0 Å². The molecule has 0 aromatic carbocycles. The minimum absolute atomic E-state index is 0.155. The van der Waals surface area contributed by atoms with Crippen LogP contribution in [0.1, 0.15) is 50.4 Å². The third-order valence-electron chi connectivity index (χ3n) is 3.44. The minimum Gasteiger partial charge on any atom is -0.357 e. The van der Waals surface area contributed by atoms with Gasteiger partial charge in [-0.25, -0.2) is 0 Å². The lowest BCUT2D eigenvalue weighted by molar-refractivity contribution is -0.121. The summed E-state index contributed by atoms with van der Waals surface area (Å²) in [6.45, 7) is 5.66. The average molecular weight is 322 g/mol. The van der Waals surface area contributed by atoms with E-state index in [1.165, 1.54) is 4.88 Å². The standard InChI is InChI=1S/C16H26N4OS/c1-3-17-16(19-12(2)14-6-5-11-22-14)18-10-4-7-15(21)20-13-8-9-13/h5-6,11-13H,3-4,7-10H2,1-2H3,(H,20,21)(H2,17,18,19). The maximum Gasteiger partial charge on any atom is 0.220 e. The molecule has 22 heavy (non-hydrogen) atoms. The number of nitrogens with one attached hydrogen (secondary N) is 3. The first-order valence-corrected chi connectivity index (χ1v) is 8.94. The van der Waals surface area contributed by atoms with Crippen molar-refractivity contribution < 1.29 is 4.79 Å². The van der Waals surface area contributed by atoms with Gasteiger partial charge in [0.2, 0.25) is 5.91 Å². The smallest absolute Gasteiger partial charge is 0.220 e. The second kappa shape index (κ2) is 8.78. The van der Waals surface area contributed by atoms with Gasteiger partial charge >= 0.3 is 0 Å². The van der Waals surface area contributed by atoms with Crippen LogP contribution in [0.2, 0.25) is 0 Å². The van der Waals surface area contributed by atoms with E-state index < -0.39 is 0 Å². The Morgan fingerprint density at radius 3 is 2.95 bits per heavy atom. The van der Waals surface area contributed by atoms with Gasteiger partial charge in [-0.1, -0.05) is 6.07 Å². The SMILES string of the molecule is CCNC(=NCCCC(=O)NC1CC1)NC(C)c1cccs1. The van der Waals surface area contributed by atoms with Crippen molar-refractivity contribution in [3.05, 3.63) is 22.4 Å². The molecule has 1 unspecified atom stereocenters. The first-order chi connectivity index (χ1) is 10.7. The molecule has 1 fully saturated rings. The molecule has 122 valence electrons. The van der Waals surface area contributed by atoms with Crippen LogP contribution in [-0.4, -0.2) is 31.0 Å². The van der Waals surface area contributed by atoms with Gasteiger partial charge in [-0.05, 0) is 44.6 Å². The Balaban J connectivity index is 1.72. The van der Waals surface area contributed by atoms with E-state index >= 15 is 0 Å². The highest BCUT2D eigenvalue weighted by Gasteiger charge is 2.22. The summed E-state index contributed by atoms with van der Waals surface area (Å²) in [5.74, 6) is 0.966. The van der Waals surface area contributed by atoms with Gasteiger partial charge in [0, 0.05) is 30.4 Å². The maximum atomic E-state index is 11.6. The molecule has 1 heterocycles. The van der Waals surface area contributed by atoms with E-state index in [0.29, 0.717) is 19.0 Å². The largest absolute Gasteiger partial charge is 0.357 e. The van der Waals surface area contributed by atoms with Crippen LogP contribution in [-0.2, 0) is 4.79 Å². The normalized spacial score (nSPS) is 16.2. The van der Waals surface area contributed by atoms with Crippen molar-refractivity contribution in [1.29, 1.82) is 0 Å². The molecule has 2 rings (SSSR count). The van der Waals surface area contributed by atoms with Crippen molar-refractivity contribution in [1.82, 2.24) is 16.0 Å². The van der Waals surface area contributed by atoms with Gasteiger partial charge in [0.15, 0.2) is 5.96 Å². The highest BCUT2D eigenvalue weighted by Crippen LogP contribution is 2.19. The maximum absolute atomic E-state index is 11.6. The third kappa shape index (κ3) is 6.05. The molecule has 1 amide bonds. The van der Waals surface area contributed by atoms with Crippen LogP contribution >= 0.6 is 11.3 Å². The molecule has 1 atom stereocenters. The lowest BCUT2D eigenvalue weighted by Gasteiger charge is -2.16. The van der Waals surface area contributed by atoms with Crippen LogP contribution in [0.3, 0.4) is 0 Å². The second-order valence-corrected chi connectivity index (χ2v) is 6.57. The summed E-state index contributed by atoms with van der Waals surface area (Å²) in [5, 5.41) is 11.7. The van der Waals surface area contributed by atoms with E-state index in [9.17, 15) is 4.79 Å². The van der Waals surface area contributed by atoms with Crippen LogP contribution in [0.5, 0.6) is 0 Å². The topological polar surface area (TPSA) is 65.5 Å². The molecule has 6 heteroatoms. The number of carbonyl (C=O) groups is 1. The summed E-state index contributed by atoms with van der Waals surface area (Å²) in [4.78, 5) is 17.4.